The molecule has 0 unspecified atom stereocenters. The highest BCUT2D eigenvalue weighted by Gasteiger charge is 2.42. The molecule has 4 rings (SSSR count). The molecule has 2 aliphatic rings. The van der Waals surface area contributed by atoms with E-state index in [2.05, 4.69) is 25.4 Å². The van der Waals surface area contributed by atoms with Crippen molar-refractivity contribution in [2.45, 2.75) is 44.4 Å². The fourth-order valence-corrected chi connectivity index (χ4v) is 4.19. The van der Waals surface area contributed by atoms with E-state index in [0.29, 0.717) is 18.2 Å². The summed E-state index contributed by atoms with van der Waals surface area (Å²) in [5, 5.41) is 13.2. The molecule has 2 aliphatic heterocycles. The molecule has 8 heteroatoms. The number of rotatable bonds is 3. The number of fused-ring (bicyclic) bond motifs is 1. The van der Waals surface area contributed by atoms with E-state index >= 15 is 0 Å². The zero-order valence-corrected chi connectivity index (χ0v) is 14.2. The minimum absolute atomic E-state index is 0.0765. The Hall–Kier alpha value is -2.06. The molecule has 2 aromatic rings. The molecule has 2 fully saturated rings. The Morgan fingerprint density at radius 3 is 3.04 bits per heavy atom. The summed E-state index contributed by atoms with van der Waals surface area (Å²) in [6, 6.07) is 3.91. The number of carbonyl (C=O) groups excluding carboxylic acids is 1. The van der Waals surface area contributed by atoms with Gasteiger partial charge in [0.05, 0.1) is 24.0 Å². The fourth-order valence-electron chi connectivity index (χ4n) is 3.42. The van der Waals surface area contributed by atoms with Gasteiger partial charge in [0.25, 0.3) is 5.91 Å². The molecule has 0 aromatic carbocycles. The highest BCUT2D eigenvalue weighted by atomic mass is 32.1. The van der Waals surface area contributed by atoms with Gasteiger partial charge in [-0.3, -0.25) is 9.78 Å². The van der Waals surface area contributed by atoms with Crippen LogP contribution in [-0.4, -0.2) is 45.9 Å². The number of nitrogens with one attached hydrogen (secondary N) is 1. The zero-order valence-electron chi connectivity index (χ0n) is 13.4. The second-order valence-corrected chi connectivity index (χ2v) is 7.28. The summed E-state index contributed by atoms with van der Waals surface area (Å²) in [4.78, 5) is 18.7. The second-order valence-electron chi connectivity index (χ2n) is 6.12. The van der Waals surface area contributed by atoms with Crippen molar-refractivity contribution in [2.75, 3.05) is 16.8 Å². The lowest BCUT2D eigenvalue weighted by atomic mass is 9.99. The second kappa shape index (κ2) is 6.45. The van der Waals surface area contributed by atoms with Crippen LogP contribution in [-0.2, 0) is 9.53 Å². The molecule has 1 amide bonds. The first-order chi connectivity index (χ1) is 11.7. The summed E-state index contributed by atoms with van der Waals surface area (Å²) < 4.78 is 6.09. The lowest BCUT2D eigenvalue weighted by Crippen LogP contribution is -2.46. The van der Waals surface area contributed by atoms with Crippen LogP contribution >= 0.6 is 11.3 Å². The van der Waals surface area contributed by atoms with E-state index in [1.54, 1.807) is 29.8 Å². The number of anilines is 2. The van der Waals surface area contributed by atoms with Crippen molar-refractivity contribution in [3.05, 3.63) is 29.5 Å². The van der Waals surface area contributed by atoms with E-state index in [1.165, 1.54) is 0 Å². The maximum Gasteiger partial charge on any atom is 0.253 e. The number of aryl methyl sites for hydroxylation is 1. The third-order valence-corrected chi connectivity index (χ3v) is 5.41. The van der Waals surface area contributed by atoms with Gasteiger partial charge in [-0.2, -0.15) is 0 Å². The van der Waals surface area contributed by atoms with Crippen molar-refractivity contribution >= 4 is 28.1 Å². The van der Waals surface area contributed by atoms with E-state index in [9.17, 15) is 4.79 Å². The van der Waals surface area contributed by atoms with Gasteiger partial charge in [0, 0.05) is 12.7 Å². The summed E-state index contributed by atoms with van der Waals surface area (Å²) in [5.41, 5.74) is 0.700. The first-order valence-corrected chi connectivity index (χ1v) is 8.95. The predicted molar refractivity (Wildman–Crippen MR) is 91.2 cm³/mol. The van der Waals surface area contributed by atoms with E-state index in [4.69, 9.17) is 4.74 Å². The normalized spacial score (nSPS) is 26.2. The third-order valence-electron chi connectivity index (χ3n) is 4.53. The standard InChI is InChI=1S/C16H19N5O2S/c1-10-19-20-16(24-10)21-8-6-13-12(21)4-5-14(23-13)15(22)18-11-3-2-7-17-9-11/h2-3,7,9,12-14H,4-6,8H2,1H3,(H,18,22)/t12-,13-,14+/m0/s1. The molecule has 0 spiro atoms. The van der Waals surface area contributed by atoms with Gasteiger partial charge in [0.2, 0.25) is 5.13 Å². The molecule has 126 valence electrons. The van der Waals surface area contributed by atoms with Gasteiger partial charge in [0.15, 0.2) is 0 Å². The van der Waals surface area contributed by atoms with Crippen molar-refractivity contribution in [3.63, 3.8) is 0 Å². The van der Waals surface area contributed by atoms with Gasteiger partial charge < -0.3 is 15.0 Å². The van der Waals surface area contributed by atoms with Gasteiger partial charge in [-0.05, 0) is 38.3 Å². The van der Waals surface area contributed by atoms with Crippen LogP contribution in [0.1, 0.15) is 24.3 Å². The zero-order chi connectivity index (χ0) is 16.5. The van der Waals surface area contributed by atoms with Crippen LogP contribution in [0.15, 0.2) is 24.5 Å². The summed E-state index contributed by atoms with van der Waals surface area (Å²) in [7, 11) is 0. The number of ether oxygens (including phenoxy) is 1. The summed E-state index contributed by atoms with van der Waals surface area (Å²) in [6.07, 6.45) is 5.55. The Kier molecular flexibility index (Phi) is 4.15. The minimum atomic E-state index is -0.400. The van der Waals surface area contributed by atoms with Crippen molar-refractivity contribution in [2.24, 2.45) is 0 Å². The number of hydrogen-bond donors (Lipinski definition) is 1. The first kappa shape index (κ1) is 15.5. The van der Waals surface area contributed by atoms with Crippen LogP contribution in [0.25, 0.3) is 0 Å². The largest absolute Gasteiger partial charge is 0.363 e. The Balaban J connectivity index is 1.39. The summed E-state index contributed by atoms with van der Waals surface area (Å²) in [5.74, 6) is -0.0911. The predicted octanol–water partition coefficient (Wildman–Crippen LogP) is 2.01. The van der Waals surface area contributed by atoms with Crippen LogP contribution < -0.4 is 10.2 Å². The molecule has 24 heavy (non-hydrogen) atoms. The van der Waals surface area contributed by atoms with E-state index in [1.807, 2.05) is 13.0 Å². The SMILES string of the molecule is Cc1nnc(N2CC[C@@H]3O[C@@H](C(=O)Nc4cccnc4)CC[C@@H]32)s1. The highest BCUT2D eigenvalue weighted by Crippen LogP contribution is 2.36. The van der Waals surface area contributed by atoms with E-state index < -0.39 is 6.10 Å². The topological polar surface area (TPSA) is 80.2 Å². The number of carbonyl (C=O) groups is 1. The van der Waals surface area contributed by atoms with E-state index in [0.717, 1.165) is 29.5 Å². The molecule has 0 aliphatic carbocycles. The quantitative estimate of drug-likeness (QED) is 0.916. The van der Waals surface area contributed by atoms with E-state index in [-0.39, 0.29) is 12.0 Å². The molecular weight excluding hydrogens is 326 g/mol. The van der Waals surface area contributed by atoms with Crippen molar-refractivity contribution < 1.29 is 9.53 Å². The van der Waals surface area contributed by atoms with Crippen LogP contribution in [0.2, 0.25) is 0 Å². The Morgan fingerprint density at radius 1 is 1.38 bits per heavy atom. The molecular formula is C16H19N5O2S. The van der Waals surface area contributed by atoms with Gasteiger partial charge in [-0.25, -0.2) is 0 Å². The molecule has 7 nitrogen and oxygen atoms in total. The smallest absolute Gasteiger partial charge is 0.253 e. The molecule has 0 bridgehead atoms. The molecule has 0 saturated carbocycles. The average molecular weight is 345 g/mol. The van der Waals surface area contributed by atoms with Crippen LogP contribution in [0, 0.1) is 6.92 Å². The van der Waals surface area contributed by atoms with Crippen LogP contribution in [0.3, 0.4) is 0 Å². The van der Waals surface area contributed by atoms with Crippen molar-refractivity contribution in [1.82, 2.24) is 15.2 Å². The Labute approximate surface area is 144 Å². The number of hydrogen-bond acceptors (Lipinski definition) is 7. The lowest BCUT2D eigenvalue weighted by molar-refractivity contribution is -0.136. The van der Waals surface area contributed by atoms with Crippen LogP contribution in [0.5, 0.6) is 0 Å². The summed E-state index contributed by atoms with van der Waals surface area (Å²) in [6.45, 7) is 2.87. The molecule has 3 atom stereocenters. The molecule has 0 radical (unpaired) electrons. The van der Waals surface area contributed by atoms with Gasteiger partial charge in [-0.15, -0.1) is 10.2 Å². The minimum Gasteiger partial charge on any atom is -0.363 e. The molecule has 2 aromatic heterocycles. The Morgan fingerprint density at radius 2 is 2.29 bits per heavy atom. The molecule has 4 heterocycles. The number of pyridine rings is 1. The summed E-state index contributed by atoms with van der Waals surface area (Å²) >= 11 is 1.61. The Bertz CT molecular complexity index is 722. The van der Waals surface area contributed by atoms with Crippen molar-refractivity contribution in [1.29, 1.82) is 0 Å². The van der Waals surface area contributed by atoms with Gasteiger partial charge >= 0.3 is 0 Å². The number of aromatic nitrogens is 3. The number of amides is 1. The van der Waals surface area contributed by atoms with Crippen LogP contribution in [0.4, 0.5) is 10.8 Å². The first-order valence-electron chi connectivity index (χ1n) is 8.14. The van der Waals surface area contributed by atoms with Gasteiger partial charge in [0.1, 0.15) is 11.1 Å². The van der Waals surface area contributed by atoms with Crippen molar-refractivity contribution in [3.8, 4) is 0 Å². The molecule has 1 N–H and O–H groups in total. The number of nitrogens with zero attached hydrogens (tertiary/aromatic N) is 4. The average Bonchev–Trinajstić information content (AvgIpc) is 3.21. The highest BCUT2D eigenvalue weighted by molar-refractivity contribution is 7.15. The third kappa shape index (κ3) is 2.99. The maximum absolute atomic E-state index is 12.4. The maximum atomic E-state index is 12.4. The monoisotopic (exact) mass is 345 g/mol. The fraction of sp³-hybridized carbons (Fsp3) is 0.500. The van der Waals surface area contributed by atoms with Gasteiger partial charge in [-0.1, -0.05) is 11.3 Å². The molecule has 2 saturated heterocycles. The lowest BCUT2D eigenvalue weighted by Gasteiger charge is -2.35.